The molecule has 0 aromatic carbocycles. The van der Waals surface area contributed by atoms with Crippen LogP contribution in [-0.4, -0.2) is 47.2 Å². The quantitative estimate of drug-likeness (QED) is 0.296. The van der Waals surface area contributed by atoms with Gasteiger partial charge in [0.15, 0.2) is 5.78 Å². The van der Waals surface area contributed by atoms with Crippen LogP contribution in [0.1, 0.15) is 77.6 Å². The van der Waals surface area contributed by atoms with E-state index in [1.165, 1.54) is 7.11 Å². The number of aliphatic hydroxyl groups is 2. The van der Waals surface area contributed by atoms with Crippen molar-refractivity contribution in [3.63, 3.8) is 0 Å². The van der Waals surface area contributed by atoms with Gasteiger partial charge in [0.2, 0.25) is 0 Å². The van der Waals surface area contributed by atoms with Crippen molar-refractivity contribution < 1.29 is 24.5 Å². The summed E-state index contributed by atoms with van der Waals surface area (Å²) in [6, 6.07) is 0. The molecule has 0 heterocycles. The number of Topliss-reactive ketones (excluding diaryl/α,β-unsaturated/α-hetero) is 2. The third-order valence-corrected chi connectivity index (χ3v) is 5.90. The van der Waals surface area contributed by atoms with Gasteiger partial charge in [0.05, 0.1) is 6.10 Å². The highest BCUT2D eigenvalue weighted by Crippen LogP contribution is 2.35. The van der Waals surface area contributed by atoms with Crippen molar-refractivity contribution in [3.8, 4) is 0 Å². The molecule has 0 amide bonds. The van der Waals surface area contributed by atoms with Crippen LogP contribution >= 0.6 is 0 Å². The molecule has 1 aliphatic carbocycles. The Kier molecular flexibility index (Phi) is 12.3. The van der Waals surface area contributed by atoms with Gasteiger partial charge in [0, 0.05) is 31.8 Å². The Labute approximate surface area is 176 Å². The number of hydrogen-bond donors (Lipinski definition) is 2. The molecule has 1 unspecified atom stereocenters. The maximum Gasteiger partial charge on any atom is 0.158 e. The van der Waals surface area contributed by atoms with Crippen molar-refractivity contribution in [1.82, 2.24) is 0 Å². The minimum absolute atomic E-state index is 0.107. The molecule has 5 heteroatoms. The molecule has 0 radical (unpaired) electrons. The Morgan fingerprint density at radius 2 is 1.97 bits per heavy atom. The number of rotatable bonds is 16. The molecule has 166 valence electrons. The Bertz CT molecular complexity index is 541. The number of ether oxygens (including phenoxy) is 1. The van der Waals surface area contributed by atoms with Gasteiger partial charge >= 0.3 is 0 Å². The first kappa shape index (κ1) is 25.7. The van der Waals surface area contributed by atoms with E-state index in [1.807, 2.05) is 6.08 Å². The second-order valence-electron chi connectivity index (χ2n) is 8.36. The molecule has 1 aliphatic rings. The van der Waals surface area contributed by atoms with Crippen LogP contribution in [0.25, 0.3) is 0 Å². The van der Waals surface area contributed by atoms with Gasteiger partial charge in [-0.3, -0.25) is 9.59 Å². The molecule has 4 atom stereocenters. The summed E-state index contributed by atoms with van der Waals surface area (Å²) in [6.07, 6.45) is 13.2. The Balaban J connectivity index is 2.51. The summed E-state index contributed by atoms with van der Waals surface area (Å²) in [4.78, 5) is 23.8. The van der Waals surface area contributed by atoms with E-state index in [2.05, 4.69) is 13.5 Å². The number of unbranched alkanes of at least 4 members (excludes halogenated alkanes) is 5. The molecule has 0 aromatic heterocycles. The molecular weight excluding hydrogens is 368 g/mol. The van der Waals surface area contributed by atoms with Crippen molar-refractivity contribution >= 4 is 11.6 Å². The number of ketones is 2. The minimum atomic E-state index is -1.08. The first-order chi connectivity index (χ1) is 13.9. The normalized spacial score (nSPS) is 24.1. The highest BCUT2D eigenvalue weighted by molar-refractivity contribution is 5.84. The van der Waals surface area contributed by atoms with E-state index in [1.54, 1.807) is 12.2 Å². The standard InChI is InChI=1S/C24H40O5/c1-4-6-11-15-24(28,5-2)16-14-21-20(22(26)17-23(21)27)13-10-8-7-9-12-19(25)18-29-3/h5,14,16,20-21,23,27-28H,2,4,6-13,15,17-18H2,1,3H3/b16-14+/t20-,21-,23-,24?/m1/s1. The van der Waals surface area contributed by atoms with E-state index >= 15 is 0 Å². The summed E-state index contributed by atoms with van der Waals surface area (Å²) < 4.78 is 4.82. The topological polar surface area (TPSA) is 83.8 Å². The summed E-state index contributed by atoms with van der Waals surface area (Å²) >= 11 is 0. The molecule has 0 aromatic rings. The average Bonchev–Trinajstić information content (AvgIpc) is 2.96. The van der Waals surface area contributed by atoms with Gasteiger partial charge in [0.1, 0.15) is 18.0 Å². The molecule has 0 spiro atoms. The van der Waals surface area contributed by atoms with Crippen molar-refractivity contribution in [2.24, 2.45) is 11.8 Å². The lowest BCUT2D eigenvalue weighted by molar-refractivity contribution is -0.123. The summed E-state index contributed by atoms with van der Waals surface area (Å²) in [7, 11) is 1.52. The summed E-state index contributed by atoms with van der Waals surface area (Å²) in [6.45, 7) is 6.04. The van der Waals surface area contributed by atoms with E-state index in [9.17, 15) is 19.8 Å². The van der Waals surface area contributed by atoms with Gasteiger partial charge in [-0.25, -0.2) is 0 Å². The van der Waals surface area contributed by atoms with E-state index in [0.29, 0.717) is 12.8 Å². The van der Waals surface area contributed by atoms with Gasteiger partial charge in [-0.15, -0.1) is 0 Å². The molecule has 5 nitrogen and oxygen atoms in total. The largest absolute Gasteiger partial charge is 0.392 e. The molecule has 1 saturated carbocycles. The lowest BCUT2D eigenvalue weighted by Crippen LogP contribution is -2.25. The predicted octanol–water partition coefficient (Wildman–Crippen LogP) is 4.16. The van der Waals surface area contributed by atoms with Crippen LogP contribution in [-0.2, 0) is 14.3 Å². The third-order valence-electron chi connectivity index (χ3n) is 5.90. The Morgan fingerprint density at radius 1 is 1.24 bits per heavy atom. The van der Waals surface area contributed by atoms with Crippen LogP contribution in [0, 0.1) is 11.8 Å². The predicted molar refractivity (Wildman–Crippen MR) is 116 cm³/mol. The zero-order valence-electron chi connectivity index (χ0n) is 18.3. The first-order valence-electron chi connectivity index (χ1n) is 11.1. The van der Waals surface area contributed by atoms with Gasteiger partial charge in [0.25, 0.3) is 0 Å². The second-order valence-corrected chi connectivity index (χ2v) is 8.36. The highest BCUT2D eigenvalue weighted by atomic mass is 16.5. The second kappa shape index (κ2) is 13.8. The van der Waals surface area contributed by atoms with Crippen molar-refractivity contribution in [2.75, 3.05) is 13.7 Å². The van der Waals surface area contributed by atoms with Gasteiger partial charge in [-0.1, -0.05) is 63.8 Å². The molecular formula is C24H40O5. The lowest BCUT2D eigenvalue weighted by Gasteiger charge is -2.23. The van der Waals surface area contributed by atoms with Gasteiger partial charge in [-0.2, -0.15) is 0 Å². The summed E-state index contributed by atoms with van der Waals surface area (Å²) in [5.41, 5.74) is -1.08. The van der Waals surface area contributed by atoms with E-state index in [-0.39, 0.29) is 36.4 Å². The van der Waals surface area contributed by atoms with Gasteiger partial charge in [-0.05, 0) is 25.7 Å². The SMILES string of the molecule is C=CC(O)(/C=C/[C@H]1[C@H](O)CC(=O)[C@@H]1CCCCCCC(=O)COC)CCCCC. The third kappa shape index (κ3) is 9.37. The fourth-order valence-electron chi connectivity index (χ4n) is 4.05. The van der Waals surface area contributed by atoms with E-state index < -0.39 is 11.7 Å². The number of methoxy groups -OCH3 is 1. The molecule has 1 fully saturated rings. The lowest BCUT2D eigenvalue weighted by atomic mass is 9.86. The first-order valence-corrected chi connectivity index (χ1v) is 11.1. The number of aliphatic hydroxyl groups excluding tert-OH is 1. The maximum absolute atomic E-state index is 12.3. The summed E-state index contributed by atoms with van der Waals surface area (Å²) in [5, 5.41) is 21.0. The zero-order valence-corrected chi connectivity index (χ0v) is 18.3. The van der Waals surface area contributed by atoms with Crippen LogP contribution in [0.3, 0.4) is 0 Å². The molecule has 0 aliphatic heterocycles. The average molecular weight is 409 g/mol. The van der Waals surface area contributed by atoms with Crippen molar-refractivity contribution in [3.05, 3.63) is 24.8 Å². The van der Waals surface area contributed by atoms with Gasteiger partial charge < -0.3 is 14.9 Å². The highest BCUT2D eigenvalue weighted by Gasteiger charge is 2.39. The van der Waals surface area contributed by atoms with Crippen LogP contribution in [0.4, 0.5) is 0 Å². The monoisotopic (exact) mass is 408 g/mol. The van der Waals surface area contributed by atoms with Crippen LogP contribution in [0.5, 0.6) is 0 Å². The van der Waals surface area contributed by atoms with E-state index in [0.717, 1.165) is 51.4 Å². The smallest absolute Gasteiger partial charge is 0.158 e. The van der Waals surface area contributed by atoms with Crippen molar-refractivity contribution in [1.29, 1.82) is 0 Å². The number of hydrogen-bond acceptors (Lipinski definition) is 5. The minimum Gasteiger partial charge on any atom is -0.392 e. The van der Waals surface area contributed by atoms with Crippen molar-refractivity contribution in [2.45, 2.75) is 89.3 Å². The maximum atomic E-state index is 12.3. The number of carbonyl (C=O) groups is 2. The zero-order chi connectivity index (χ0) is 21.7. The molecule has 29 heavy (non-hydrogen) atoms. The van der Waals surface area contributed by atoms with E-state index in [4.69, 9.17) is 4.74 Å². The molecule has 0 saturated heterocycles. The fourth-order valence-corrected chi connectivity index (χ4v) is 4.05. The Morgan fingerprint density at radius 3 is 2.62 bits per heavy atom. The van der Waals surface area contributed by atoms with Crippen LogP contribution in [0.2, 0.25) is 0 Å². The molecule has 0 bridgehead atoms. The Hall–Kier alpha value is -1.30. The molecule has 2 N–H and O–H groups in total. The number of carbonyl (C=O) groups excluding carboxylic acids is 2. The molecule has 1 rings (SSSR count). The summed E-state index contributed by atoms with van der Waals surface area (Å²) in [5.74, 6) is -0.208. The van der Waals surface area contributed by atoms with Crippen LogP contribution < -0.4 is 0 Å². The van der Waals surface area contributed by atoms with Crippen LogP contribution in [0.15, 0.2) is 24.8 Å². The fraction of sp³-hybridized carbons (Fsp3) is 0.750.